The van der Waals surface area contributed by atoms with E-state index in [-0.39, 0.29) is 18.2 Å². The molecule has 5 heteroatoms. The lowest BCUT2D eigenvalue weighted by Gasteiger charge is -2.21. The molecule has 0 spiro atoms. The van der Waals surface area contributed by atoms with Crippen LogP contribution in [0.4, 0.5) is 5.69 Å². The molecule has 0 fully saturated rings. The van der Waals surface area contributed by atoms with Crippen molar-refractivity contribution >= 4 is 23.9 Å². The number of anilines is 1. The summed E-state index contributed by atoms with van der Waals surface area (Å²) in [6.45, 7) is 6.02. The van der Waals surface area contributed by atoms with Crippen LogP contribution in [0.5, 0.6) is 0 Å². The highest BCUT2D eigenvalue weighted by molar-refractivity contribution is 5.99. The quantitative estimate of drug-likeness (QED) is 0.609. The summed E-state index contributed by atoms with van der Waals surface area (Å²) < 4.78 is 0. The summed E-state index contributed by atoms with van der Waals surface area (Å²) in [7, 11) is 0. The van der Waals surface area contributed by atoms with Gasteiger partial charge in [0.2, 0.25) is 0 Å². The second kappa shape index (κ2) is 8.08. The van der Waals surface area contributed by atoms with Crippen LogP contribution in [0.15, 0.2) is 24.3 Å². The lowest BCUT2D eigenvalue weighted by atomic mass is 10.1. The number of Topliss-reactive ketones (excluding diaryl/α,β-unsaturated/α-hetero) is 1. The number of likely N-dealkylation sites (N-methyl/N-ethyl adjacent to an activating group) is 1. The van der Waals surface area contributed by atoms with Gasteiger partial charge in [0.15, 0.2) is 5.78 Å². The minimum atomic E-state index is -0.974. The Bertz CT molecular complexity index is 364. The second-order valence-corrected chi connectivity index (χ2v) is 3.99. The molecule has 0 amide bonds. The third-order valence-electron chi connectivity index (χ3n) is 2.82. The van der Waals surface area contributed by atoms with Crippen molar-refractivity contribution in [2.45, 2.75) is 20.0 Å². The van der Waals surface area contributed by atoms with Crippen molar-refractivity contribution in [3.63, 3.8) is 0 Å². The van der Waals surface area contributed by atoms with Crippen molar-refractivity contribution < 1.29 is 9.90 Å². The van der Waals surface area contributed by atoms with Crippen molar-refractivity contribution in [2.75, 3.05) is 25.4 Å². The van der Waals surface area contributed by atoms with E-state index in [1.165, 1.54) is 0 Å². The molecule has 1 atom stereocenters. The van der Waals surface area contributed by atoms with Crippen molar-refractivity contribution in [1.82, 2.24) is 4.90 Å². The summed E-state index contributed by atoms with van der Waals surface area (Å²) in [5.41, 5.74) is 6.65. The maximum atomic E-state index is 11.9. The molecule has 1 aromatic rings. The fourth-order valence-electron chi connectivity index (χ4n) is 1.65. The number of nitrogens with zero attached hydrogens (tertiary/aromatic N) is 1. The number of halogens is 1. The number of nitrogens with two attached hydrogens (primary N) is 1. The van der Waals surface area contributed by atoms with Crippen LogP contribution >= 0.6 is 12.4 Å². The summed E-state index contributed by atoms with van der Waals surface area (Å²) in [5.74, 6) is -0.253. The largest absolute Gasteiger partial charge is 0.399 e. The average molecular weight is 273 g/mol. The summed E-state index contributed by atoms with van der Waals surface area (Å²) in [5, 5.41) is 9.85. The summed E-state index contributed by atoms with van der Waals surface area (Å²) >= 11 is 0. The average Bonchev–Trinajstić information content (AvgIpc) is 2.35. The first-order valence-corrected chi connectivity index (χ1v) is 5.88. The third-order valence-corrected chi connectivity index (χ3v) is 2.82. The van der Waals surface area contributed by atoms with Gasteiger partial charge in [-0.15, -0.1) is 12.4 Å². The zero-order valence-corrected chi connectivity index (χ0v) is 11.6. The first-order valence-electron chi connectivity index (χ1n) is 5.88. The number of carbonyl (C=O) groups is 1. The number of ketones is 1. The SMILES string of the molecule is CCN(CC)CC(O)C(=O)c1ccc(N)cc1.Cl. The number of nitrogen functional groups attached to an aromatic ring is 1. The van der Waals surface area contributed by atoms with Gasteiger partial charge in [-0.2, -0.15) is 0 Å². The Balaban J connectivity index is 0.00000289. The Labute approximate surface area is 114 Å². The van der Waals surface area contributed by atoms with E-state index in [9.17, 15) is 9.90 Å². The molecule has 1 aromatic carbocycles. The Hall–Kier alpha value is -1.10. The van der Waals surface area contributed by atoms with Crippen molar-refractivity contribution in [1.29, 1.82) is 0 Å². The highest BCUT2D eigenvalue weighted by atomic mass is 35.5. The Kier molecular flexibility index (Phi) is 7.59. The van der Waals surface area contributed by atoms with Gasteiger partial charge in [0.25, 0.3) is 0 Å². The van der Waals surface area contributed by atoms with Crippen LogP contribution in [0.3, 0.4) is 0 Å². The standard InChI is InChI=1S/C13H20N2O2.ClH/c1-3-15(4-2)9-12(16)13(17)10-5-7-11(14)8-6-10;/h5-8,12,16H,3-4,9,14H2,1-2H3;1H. The highest BCUT2D eigenvalue weighted by Crippen LogP contribution is 2.09. The first-order chi connectivity index (χ1) is 8.08. The minimum absolute atomic E-state index is 0. The molecule has 102 valence electrons. The van der Waals surface area contributed by atoms with Gasteiger partial charge in [-0.25, -0.2) is 0 Å². The van der Waals surface area contributed by atoms with Crippen LogP contribution in [-0.2, 0) is 0 Å². The first kappa shape index (κ1) is 16.9. The van der Waals surface area contributed by atoms with E-state index in [2.05, 4.69) is 0 Å². The van der Waals surface area contributed by atoms with Crippen LogP contribution in [0, 0.1) is 0 Å². The van der Waals surface area contributed by atoms with E-state index >= 15 is 0 Å². The van der Waals surface area contributed by atoms with Crippen LogP contribution in [0.25, 0.3) is 0 Å². The smallest absolute Gasteiger partial charge is 0.192 e. The maximum absolute atomic E-state index is 11.9. The molecule has 1 rings (SSSR count). The molecule has 4 nitrogen and oxygen atoms in total. The molecule has 0 saturated carbocycles. The number of rotatable bonds is 6. The maximum Gasteiger partial charge on any atom is 0.192 e. The van der Waals surface area contributed by atoms with Crippen molar-refractivity contribution in [3.05, 3.63) is 29.8 Å². The molecule has 0 saturated heterocycles. The topological polar surface area (TPSA) is 66.6 Å². The predicted molar refractivity (Wildman–Crippen MR) is 76.2 cm³/mol. The van der Waals surface area contributed by atoms with E-state index in [0.29, 0.717) is 17.8 Å². The lowest BCUT2D eigenvalue weighted by Crippen LogP contribution is -2.36. The molecule has 0 bridgehead atoms. The number of aliphatic hydroxyl groups is 1. The van der Waals surface area contributed by atoms with Gasteiger partial charge in [0.1, 0.15) is 6.10 Å². The highest BCUT2D eigenvalue weighted by Gasteiger charge is 2.18. The van der Waals surface area contributed by atoms with Crippen LogP contribution < -0.4 is 5.73 Å². The van der Waals surface area contributed by atoms with Gasteiger partial charge in [-0.1, -0.05) is 13.8 Å². The van der Waals surface area contributed by atoms with Gasteiger partial charge in [0, 0.05) is 17.8 Å². The van der Waals surface area contributed by atoms with E-state index in [1.54, 1.807) is 24.3 Å². The summed E-state index contributed by atoms with van der Waals surface area (Å²) in [4.78, 5) is 13.9. The van der Waals surface area contributed by atoms with Crippen LogP contribution in [-0.4, -0.2) is 41.5 Å². The molecule has 0 radical (unpaired) electrons. The second-order valence-electron chi connectivity index (χ2n) is 3.99. The Morgan fingerprint density at radius 3 is 2.22 bits per heavy atom. The van der Waals surface area contributed by atoms with Gasteiger partial charge in [-0.3, -0.25) is 4.79 Å². The molecule has 1 unspecified atom stereocenters. The van der Waals surface area contributed by atoms with Gasteiger partial charge >= 0.3 is 0 Å². The lowest BCUT2D eigenvalue weighted by molar-refractivity contribution is 0.0654. The normalized spacial score (nSPS) is 12.0. The number of aliphatic hydroxyl groups excluding tert-OH is 1. The van der Waals surface area contributed by atoms with Gasteiger partial charge in [0.05, 0.1) is 0 Å². The number of hydrogen-bond acceptors (Lipinski definition) is 4. The molecule has 0 aromatic heterocycles. The van der Waals surface area contributed by atoms with E-state index < -0.39 is 6.10 Å². The van der Waals surface area contributed by atoms with E-state index in [1.807, 2.05) is 18.7 Å². The van der Waals surface area contributed by atoms with Gasteiger partial charge < -0.3 is 15.7 Å². The molecule has 3 N–H and O–H groups in total. The fraction of sp³-hybridized carbons (Fsp3) is 0.462. The molecule has 0 aliphatic rings. The predicted octanol–water partition coefficient (Wildman–Crippen LogP) is 1.58. The minimum Gasteiger partial charge on any atom is -0.399 e. The fourth-order valence-corrected chi connectivity index (χ4v) is 1.65. The molecule has 0 aliphatic heterocycles. The molecular formula is C13H21ClN2O2. The number of benzene rings is 1. The summed E-state index contributed by atoms with van der Waals surface area (Å²) in [6, 6.07) is 6.61. The van der Waals surface area contributed by atoms with Crippen molar-refractivity contribution in [3.8, 4) is 0 Å². The van der Waals surface area contributed by atoms with E-state index in [0.717, 1.165) is 13.1 Å². The van der Waals surface area contributed by atoms with Crippen LogP contribution in [0.1, 0.15) is 24.2 Å². The molecular weight excluding hydrogens is 252 g/mol. The summed E-state index contributed by atoms with van der Waals surface area (Å²) in [6.07, 6.45) is -0.974. The monoisotopic (exact) mass is 272 g/mol. The molecule has 0 heterocycles. The zero-order chi connectivity index (χ0) is 12.8. The number of carbonyl (C=O) groups excluding carboxylic acids is 1. The molecule has 0 aliphatic carbocycles. The molecule has 18 heavy (non-hydrogen) atoms. The zero-order valence-electron chi connectivity index (χ0n) is 10.8. The number of hydrogen-bond donors (Lipinski definition) is 2. The Morgan fingerprint density at radius 2 is 1.78 bits per heavy atom. The van der Waals surface area contributed by atoms with Gasteiger partial charge in [-0.05, 0) is 37.4 Å². The van der Waals surface area contributed by atoms with E-state index in [4.69, 9.17) is 5.73 Å². The Morgan fingerprint density at radius 1 is 1.28 bits per heavy atom. The van der Waals surface area contributed by atoms with Crippen molar-refractivity contribution in [2.24, 2.45) is 0 Å². The van der Waals surface area contributed by atoms with Crippen LogP contribution in [0.2, 0.25) is 0 Å². The third kappa shape index (κ3) is 4.64.